The van der Waals surface area contributed by atoms with Crippen LogP contribution in [0.4, 0.5) is 5.95 Å². The highest BCUT2D eigenvalue weighted by Gasteiger charge is 2.36. The van der Waals surface area contributed by atoms with Gasteiger partial charge in [0.1, 0.15) is 5.69 Å². The van der Waals surface area contributed by atoms with E-state index in [4.69, 9.17) is 30.8 Å². The predicted octanol–water partition coefficient (Wildman–Crippen LogP) is 5.49. The fourth-order valence-electron chi connectivity index (χ4n) is 6.31. The number of rotatable bonds is 6. The van der Waals surface area contributed by atoms with Crippen molar-refractivity contribution >= 4 is 28.6 Å². The third-order valence-electron chi connectivity index (χ3n) is 8.59. The number of fused-ring (bicyclic) bond motifs is 1. The van der Waals surface area contributed by atoms with Crippen molar-refractivity contribution in [3.63, 3.8) is 0 Å². The number of anilines is 1. The molecule has 4 aromatic heterocycles. The van der Waals surface area contributed by atoms with E-state index in [-0.39, 0.29) is 24.0 Å². The average molecular weight is 552 g/mol. The Morgan fingerprint density at radius 2 is 1.95 bits per heavy atom. The number of hydrogen-bond acceptors (Lipinski definition) is 8. The van der Waals surface area contributed by atoms with Gasteiger partial charge < -0.3 is 14.2 Å². The number of H-pyrrole nitrogens is 1. The second-order valence-corrected chi connectivity index (χ2v) is 11.6. The summed E-state index contributed by atoms with van der Waals surface area (Å²) in [5.41, 5.74) is 3.59. The van der Waals surface area contributed by atoms with Gasteiger partial charge in [0.15, 0.2) is 0 Å². The Morgan fingerprint density at radius 3 is 2.62 bits per heavy atom. The van der Waals surface area contributed by atoms with Crippen LogP contribution in [-0.2, 0) is 4.74 Å². The van der Waals surface area contributed by atoms with E-state index < -0.39 is 5.76 Å². The fraction of sp³-hybridized carbons (Fsp3) is 0.536. The topological polar surface area (TPSA) is 115 Å². The van der Waals surface area contributed by atoms with E-state index in [0.29, 0.717) is 22.3 Å². The third kappa shape index (κ3) is 4.84. The molecule has 2 fully saturated rings. The van der Waals surface area contributed by atoms with Crippen molar-refractivity contribution < 1.29 is 9.26 Å². The zero-order valence-corrected chi connectivity index (χ0v) is 23.5. The number of nitrogens with zero attached hydrogens (tertiary/aromatic N) is 6. The van der Waals surface area contributed by atoms with Crippen molar-refractivity contribution in [2.75, 3.05) is 18.6 Å². The average Bonchev–Trinajstić information content (AvgIpc) is 3.64. The van der Waals surface area contributed by atoms with Crippen LogP contribution in [-0.4, -0.2) is 55.5 Å². The predicted molar refractivity (Wildman–Crippen MR) is 150 cm³/mol. The number of nitrogens with one attached hydrogen (secondary N) is 1. The lowest BCUT2D eigenvalue weighted by Gasteiger charge is -2.34. The Kier molecular flexibility index (Phi) is 6.93. The zero-order valence-electron chi connectivity index (χ0n) is 22.7. The first kappa shape index (κ1) is 26.0. The van der Waals surface area contributed by atoms with Crippen LogP contribution in [0.5, 0.6) is 0 Å². The van der Waals surface area contributed by atoms with Crippen molar-refractivity contribution in [1.82, 2.24) is 29.7 Å². The highest BCUT2D eigenvalue weighted by Crippen LogP contribution is 2.43. The molecule has 0 amide bonds. The van der Waals surface area contributed by atoms with E-state index in [1.54, 1.807) is 19.5 Å². The SMILES string of the molecule is CO[C@@H]1C[C@@H](C)N(c2nc3cc(-c4noc(=O)[nH]4)nc(-c4cncc(Cl)c4)c3n2[C@H](C)C2CCC(C)CC2)C1. The first-order valence-corrected chi connectivity index (χ1v) is 14.1. The van der Waals surface area contributed by atoms with Gasteiger partial charge in [-0.05, 0) is 57.1 Å². The maximum absolute atomic E-state index is 11.8. The molecule has 10 nitrogen and oxygen atoms in total. The number of hydrogen-bond donors (Lipinski definition) is 1. The Bertz CT molecular complexity index is 1540. The van der Waals surface area contributed by atoms with Crippen LogP contribution in [0.25, 0.3) is 33.8 Å². The van der Waals surface area contributed by atoms with Crippen LogP contribution in [0.1, 0.15) is 58.9 Å². The summed E-state index contributed by atoms with van der Waals surface area (Å²) in [5, 5.41) is 4.41. The third-order valence-corrected chi connectivity index (χ3v) is 8.79. The summed E-state index contributed by atoms with van der Waals surface area (Å²) in [6.07, 6.45) is 9.26. The van der Waals surface area contributed by atoms with Gasteiger partial charge in [-0.25, -0.2) is 14.8 Å². The molecule has 1 aliphatic carbocycles. The Labute approximate surface area is 231 Å². The highest BCUT2D eigenvalue weighted by atomic mass is 35.5. The van der Waals surface area contributed by atoms with Gasteiger partial charge in [-0.2, -0.15) is 0 Å². The van der Waals surface area contributed by atoms with Gasteiger partial charge >= 0.3 is 5.76 Å². The molecule has 2 aliphatic rings. The zero-order chi connectivity index (χ0) is 27.3. The number of pyridine rings is 2. The quantitative estimate of drug-likeness (QED) is 0.334. The van der Waals surface area contributed by atoms with Crippen LogP contribution in [0.2, 0.25) is 5.02 Å². The molecule has 1 saturated heterocycles. The van der Waals surface area contributed by atoms with Gasteiger partial charge in [0.25, 0.3) is 0 Å². The summed E-state index contributed by atoms with van der Waals surface area (Å²) >= 11 is 6.39. The monoisotopic (exact) mass is 551 g/mol. The van der Waals surface area contributed by atoms with Crippen LogP contribution in [0.15, 0.2) is 33.8 Å². The molecule has 0 unspecified atom stereocenters. The molecular weight excluding hydrogens is 518 g/mol. The summed E-state index contributed by atoms with van der Waals surface area (Å²) in [5.74, 6) is 1.80. The maximum Gasteiger partial charge on any atom is 0.439 e. The van der Waals surface area contributed by atoms with Gasteiger partial charge in [-0.1, -0.05) is 36.5 Å². The fourth-order valence-corrected chi connectivity index (χ4v) is 6.49. The van der Waals surface area contributed by atoms with Gasteiger partial charge in [-0.3, -0.25) is 14.5 Å². The van der Waals surface area contributed by atoms with Crippen molar-refractivity contribution in [1.29, 1.82) is 0 Å². The van der Waals surface area contributed by atoms with Crippen LogP contribution >= 0.6 is 11.6 Å². The number of halogens is 1. The molecule has 5 heterocycles. The van der Waals surface area contributed by atoms with Crippen molar-refractivity contribution in [2.45, 2.75) is 71.1 Å². The lowest BCUT2D eigenvalue weighted by Crippen LogP contribution is -2.32. The van der Waals surface area contributed by atoms with Gasteiger partial charge in [0.2, 0.25) is 11.8 Å². The molecule has 11 heteroatoms. The standard InChI is InChI=1S/C28H34ClN7O3/c1-15-5-7-18(8-6-15)17(3)36-25-22(32-27(36)35-14-21(38-4)9-16(35)2)11-23(26-33-28(37)39-34-26)31-24(25)19-10-20(29)13-30-12-19/h10-13,15-18,21H,5-9,14H2,1-4H3,(H,33,34,37)/t15?,16-,17-,18?,21-/m1/s1. The number of methoxy groups -OCH3 is 1. The van der Waals surface area contributed by atoms with Crippen LogP contribution < -0.4 is 10.7 Å². The van der Waals surface area contributed by atoms with E-state index in [0.717, 1.165) is 41.4 Å². The molecule has 0 spiro atoms. The van der Waals surface area contributed by atoms with Gasteiger partial charge in [0, 0.05) is 43.7 Å². The molecule has 39 heavy (non-hydrogen) atoms. The number of aromatic nitrogens is 6. The van der Waals surface area contributed by atoms with E-state index in [2.05, 4.69) is 45.4 Å². The van der Waals surface area contributed by atoms with Gasteiger partial charge in [-0.15, -0.1) is 0 Å². The van der Waals surface area contributed by atoms with Crippen LogP contribution in [0.3, 0.4) is 0 Å². The maximum atomic E-state index is 11.8. The number of imidazole rings is 1. The minimum Gasteiger partial charge on any atom is -0.380 e. The van der Waals surface area contributed by atoms with E-state index in [9.17, 15) is 4.79 Å². The number of aromatic amines is 1. The lowest BCUT2D eigenvalue weighted by atomic mass is 9.79. The molecule has 1 N–H and O–H groups in total. The summed E-state index contributed by atoms with van der Waals surface area (Å²) < 4.78 is 12.9. The molecule has 0 aromatic carbocycles. The minimum atomic E-state index is -0.638. The minimum absolute atomic E-state index is 0.143. The van der Waals surface area contributed by atoms with E-state index in [1.807, 2.05) is 12.1 Å². The molecule has 0 bridgehead atoms. The molecule has 3 atom stereocenters. The first-order chi connectivity index (χ1) is 18.8. The first-order valence-electron chi connectivity index (χ1n) is 13.7. The van der Waals surface area contributed by atoms with E-state index >= 15 is 0 Å². The summed E-state index contributed by atoms with van der Waals surface area (Å²) in [6.45, 7) is 7.64. The Morgan fingerprint density at radius 1 is 1.15 bits per heavy atom. The Hall–Kier alpha value is -3.24. The second kappa shape index (κ2) is 10.4. The molecule has 1 aliphatic heterocycles. The smallest absolute Gasteiger partial charge is 0.380 e. The highest BCUT2D eigenvalue weighted by molar-refractivity contribution is 6.30. The molecule has 1 saturated carbocycles. The Balaban J connectivity index is 1.60. The van der Waals surface area contributed by atoms with Crippen molar-refractivity contribution in [2.24, 2.45) is 11.8 Å². The van der Waals surface area contributed by atoms with E-state index in [1.165, 1.54) is 25.7 Å². The largest absolute Gasteiger partial charge is 0.439 e. The summed E-state index contributed by atoms with van der Waals surface area (Å²) in [6, 6.07) is 4.18. The molecule has 4 aromatic rings. The normalized spacial score (nSPS) is 24.5. The van der Waals surface area contributed by atoms with Crippen LogP contribution in [0, 0.1) is 11.8 Å². The van der Waals surface area contributed by atoms with Gasteiger partial charge in [0.05, 0.1) is 27.9 Å². The molecular formula is C28H34ClN7O3. The molecule has 0 radical (unpaired) electrons. The molecule has 206 valence electrons. The second-order valence-electron chi connectivity index (χ2n) is 11.2. The molecule has 6 rings (SSSR count). The van der Waals surface area contributed by atoms with Crippen molar-refractivity contribution in [3.8, 4) is 22.8 Å². The summed E-state index contributed by atoms with van der Waals surface area (Å²) in [7, 11) is 1.77. The lowest BCUT2D eigenvalue weighted by molar-refractivity contribution is 0.118. The number of ether oxygens (including phenoxy) is 1. The van der Waals surface area contributed by atoms with Crippen molar-refractivity contribution in [3.05, 3.63) is 40.1 Å². The summed E-state index contributed by atoms with van der Waals surface area (Å²) in [4.78, 5) is 31.3.